The summed E-state index contributed by atoms with van der Waals surface area (Å²) in [4.78, 5) is 27.4. The van der Waals surface area contributed by atoms with Crippen molar-refractivity contribution in [1.82, 2.24) is 4.98 Å². The zero-order valence-corrected chi connectivity index (χ0v) is 17.1. The number of carboxylic acids is 2. The number of nitrogens with one attached hydrogen (secondary N) is 1. The molecule has 0 unspecified atom stereocenters. The Hall–Kier alpha value is -4.92. The van der Waals surface area contributed by atoms with E-state index in [0.29, 0.717) is 11.1 Å². The van der Waals surface area contributed by atoms with Crippen molar-refractivity contribution in [2.45, 2.75) is 0 Å². The highest BCUT2D eigenvalue weighted by atomic mass is 16.4. The fourth-order valence-corrected chi connectivity index (χ4v) is 3.15. The highest BCUT2D eigenvalue weighted by Crippen LogP contribution is 2.23. The summed E-state index contributed by atoms with van der Waals surface area (Å²) < 4.78 is 0. The number of anilines is 1. The molecule has 3 aromatic carbocycles. The van der Waals surface area contributed by atoms with Gasteiger partial charge < -0.3 is 10.2 Å². The zero-order chi connectivity index (χ0) is 23.2. The second-order valence-electron chi connectivity index (χ2n) is 6.80. The van der Waals surface area contributed by atoms with Crippen molar-refractivity contribution >= 4 is 40.1 Å². The van der Waals surface area contributed by atoms with Crippen LogP contribution in [0.2, 0.25) is 0 Å². The van der Waals surface area contributed by atoms with Crippen LogP contribution in [-0.2, 0) is 0 Å². The maximum absolute atomic E-state index is 11.5. The highest BCUT2D eigenvalue weighted by molar-refractivity contribution is 6.09. The van der Waals surface area contributed by atoms with Crippen LogP contribution in [0.15, 0.2) is 100 Å². The summed E-state index contributed by atoms with van der Waals surface area (Å²) in [5.41, 5.74) is 4.48. The Balaban J connectivity index is 1.82. The zero-order valence-electron chi connectivity index (χ0n) is 17.1. The highest BCUT2D eigenvalue weighted by Gasteiger charge is 2.13. The van der Waals surface area contributed by atoms with Crippen LogP contribution in [0.25, 0.3) is 10.9 Å². The molecule has 1 aromatic heterocycles. The third-order valence-corrected chi connectivity index (χ3v) is 4.72. The van der Waals surface area contributed by atoms with E-state index in [1.165, 1.54) is 18.2 Å². The predicted molar refractivity (Wildman–Crippen MR) is 123 cm³/mol. The lowest BCUT2D eigenvalue weighted by Gasteiger charge is -2.08. The van der Waals surface area contributed by atoms with Crippen LogP contribution in [0.1, 0.15) is 26.3 Å². The Morgan fingerprint density at radius 3 is 2.21 bits per heavy atom. The van der Waals surface area contributed by atoms with Crippen molar-refractivity contribution in [2.75, 3.05) is 5.43 Å². The molecule has 0 radical (unpaired) electrons. The van der Waals surface area contributed by atoms with Gasteiger partial charge >= 0.3 is 11.9 Å². The van der Waals surface area contributed by atoms with Crippen molar-refractivity contribution < 1.29 is 19.8 Å². The van der Waals surface area contributed by atoms with E-state index < -0.39 is 11.9 Å². The van der Waals surface area contributed by atoms with E-state index in [0.717, 1.165) is 5.39 Å². The molecule has 0 aliphatic heterocycles. The van der Waals surface area contributed by atoms with Crippen LogP contribution >= 0.6 is 0 Å². The van der Waals surface area contributed by atoms with Gasteiger partial charge in [0.2, 0.25) is 5.84 Å². The van der Waals surface area contributed by atoms with E-state index >= 15 is 0 Å². The van der Waals surface area contributed by atoms with Crippen LogP contribution in [0.5, 0.6) is 0 Å². The number of carboxylic acid groups (broad SMARTS) is 2. The molecule has 0 bridgehead atoms. The first-order valence-corrected chi connectivity index (χ1v) is 9.79. The number of azo groups is 1. The van der Waals surface area contributed by atoms with Crippen molar-refractivity contribution in [3.8, 4) is 0 Å². The summed E-state index contributed by atoms with van der Waals surface area (Å²) in [7, 11) is 0. The van der Waals surface area contributed by atoms with Crippen LogP contribution < -0.4 is 5.43 Å². The second kappa shape index (κ2) is 9.48. The number of para-hydroxylation sites is 2. The summed E-state index contributed by atoms with van der Waals surface area (Å²) in [5.74, 6) is -2.12. The van der Waals surface area contributed by atoms with Gasteiger partial charge in [-0.05, 0) is 36.4 Å². The van der Waals surface area contributed by atoms with Crippen LogP contribution in [0.3, 0.4) is 0 Å². The van der Waals surface area contributed by atoms with Crippen molar-refractivity contribution in [3.63, 3.8) is 0 Å². The minimum absolute atomic E-state index is 0.00984. The lowest BCUT2D eigenvalue weighted by atomic mass is 10.1. The first-order valence-electron chi connectivity index (χ1n) is 9.79. The summed E-state index contributed by atoms with van der Waals surface area (Å²) in [5, 5.41) is 32.2. The molecule has 0 atom stereocenters. The first kappa shape index (κ1) is 21.3. The number of pyridine rings is 1. The number of rotatable bonds is 6. The lowest BCUT2D eigenvalue weighted by molar-refractivity contribution is 0.0687. The summed E-state index contributed by atoms with van der Waals surface area (Å²) in [6.07, 6.45) is 1.60. The van der Waals surface area contributed by atoms with Gasteiger partial charge in [-0.1, -0.05) is 42.5 Å². The summed E-state index contributed by atoms with van der Waals surface area (Å²) >= 11 is 0. The third kappa shape index (κ3) is 4.72. The molecule has 0 spiro atoms. The van der Waals surface area contributed by atoms with E-state index in [4.69, 9.17) is 0 Å². The first-order chi connectivity index (χ1) is 16.0. The molecule has 33 heavy (non-hydrogen) atoms. The van der Waals surface area contributed by atoms with Crippen molar-refractivity contribution in [1.29, 1.82) is 0 Å². The summed E-state index contributed by atoms with van der Waals surface area (Å²) in [6.45, 7) is 0. The van der Waals surface area contributed by atoms with Gasteiger partial charge in [-0.25, -0.2) is 9.59 Å². The monoisotopic (exact) mass is 439 g/mol. The van der Waals surface area contributed by atoms with Crippen LogP contribution in [0, 0.1) is 0 Å². The molecule has 9 heteroatoms. The summed E-state index contributed by atoms with van der Waals surface area (Å²) in [6, 6.07) is 21.6. The van der Waals surface area contributed by atoms with Crippen molar-refractivity contribution in [2.24, 2.45) is 15.3 Å². The number of hydrogen-bond donors (Lipinski definition) is 3. The molecule has 1 heterocycles. The molecule has 9 nitrogen and oxygen atoms in total. The van der Waals surface area contributed by atoms with Crippen molar-refractivity contribution in [3.05, 3.63) is 102 Å². The van der Waals surface area contributed by atoms with Crippen LogP contribution in [0.4, 0.5) is 11.4 Å². The molecule has 0 aliphatic carbocycles. The molecule has 0 aliphatic rings. The van der Waals surface area contributed by atoms with Gasteiger partial charge in [0.1, 0.15) is 5.69 Å². The third-order valence-electron chi connectivity index (χ3n) is 4.72. The minimum Gasteiger partial charge on any atom is -0.478 e. The van der Waals surface area contributed by atoms with Gasteiger partial charge in [-0.2, -0.15) is 5.10 Å². The van der Waals surface area contributed by atoms with E-state index in [-0.39, 0.29) is 28.3 Å². The molecule has 0 fully saturated rings. The van der Waals surface area contributed by atoms with Gasteiger partial charge in [0, 0.05) is 17.1 Å². The van der Waals surface area contributed by atoms with Gasteiger partial charge in [0.25, 0.3) is 0 Å². The number of hydrazone groups is 1. The Morgan fingerprint density at radius 2 is 1.42 bits per heavy atom. The minimum atomic E-state index is -1.13. The molecular weight excluding hydrogens is 422 g/mol. The molecule has 0 amide bonds. The molecule has 0 saturated carbocycles. The Bertz CT molecular complexity index is 1410. The SMILES string of the molecule is O=C(O)c1ccccc1N=N/C(=N/Nc1ccccc1C(=O)O)c1ccnc2ccccc12. The number of aromatic nitrogens is 1. The molecule has 4 aromatic rings. The van der Waals surface area contributed by atoms with E-state index in [1.807, 2.05) is 24.3 Å². The fraction of sp³-hybridized carbons (Fsp3) is 0. The molecular formula is C24H17N5O4. The van der Waals surface area contributed by atoms with Crippen LogP contribution in [-0.4, -0.2) is 33.0 Å². The Morgan fingerprint density at radius 1 is 0.758 bits per heavy atom. The number of carbonyl (C=O) groups is 2. The quantitative estimate of drug-likeness (QED) is 0.164. The molecule has 0 saturated heterocycles. The average Bonchev–Trinajstić information content (AvgIpc) is 2.84. The largest absolute Gasteiger partial charge is 0.478 e. The number of hydrogen-bond acceptors (Lipinski definition) is 6. The average molecular weight is 439 g/mol. The van der Waals surface area contributed by atoms with Gasteiger partial charge in [-0.15, -0.1) is 10.2 Å². The van der Waals surface area contributed by atoms with E-state index in [9.17, 15) is 19.8 Å². The van der Waals surface area contributed by atoms with E-state index in [1.54, 1.807) is 42.6 Å². The number of aromatic carboxylic acids is 2. The Kier molecular flexibility index (Phi) is 6.12. The number of nitrogens with zero attached hydrogens (tertiary/aromatic N) is 4. The molecule has 3 N–H and O–H groups in total. The number of amidine groups is 1. The Labute approximate surface area is 187 Å². The number of fused-ring (bicyclic) bond motifs is 1. The predicted octanol–water partition coefficient (Wildman–Crippen LogP) is 5.19. The van der Waals surface area contributed by atoms with E-state index in [2.05, 4.69) is 25.7 Å². The second-order valence-corrected chi connectivity index (χ2v) is 6.80. The van der Waals surface area contributed by atoms with Gasteiger partial charge in [-0.3, -0.25) is 10.4 Å². The lowest BCUT2D eigenvalue weighted by Crippen LogP contribution is -2.06. The molecule has 162 valence electrons. The maximum Gasteiger partial charge on any atom is 0.337 e. The number of benzene rings is 3. The fourth-order valence-electron chi connectivity index (χ4n) is 3.15. The topological polar surface area (TPSA) is 137 Å². The smallest absolute Gasteiger partial charge is 0.337 e. The normalized spacial score (nSPS) is 11.6. The maximum atomic E-state index is 11.5. The molecule has 4 rings (SSSR count). The van der Waals surface area contributed by atoms with Gasteiger partial charge in [0.15, 0.2) is 0 Å². The standard InChI is InChI=1S/C24H17N5O4/c30-23(31)17-8-2-5-11-20(17)26-28-22(16-13-14-25-19-10-4-1-7-15(16)19)29-27-21-12-6-3-9-18(21)24(32)33/h1-14,26H,(H,30,31)(H,32,33)/b28-22+,29-27?. The van der Waals surface area contributed by atoms with Gasteiger partial charge in [0.05, 0.1) is 22.3 Å².